The van der Waals surface area contributed by atoms with E-state index < -0.39 is 0 Å². The van der Waals surface area contributed by atoms with Gasteiger partial charge in [-0.15, -0.1) is 0 Å². The summed E-state index contributed by atoms with van der Waals surface area (Å²) in [5.74, 6) is 0. The summed E-state index contributed by atoms with van der Waals surface area (Å²) in [6.45, 7) is 4.94. The van der Waals surface area contributed by atoms with Crippen molar-refractivity contribution in [3.63, 3.8) is 0 Å². The van der Waals surface area contributed by atoms with E-state index in [1.807, 2.05) is 61.1 Å². The number of thiocarbonyl (C=S) groups is 1. The first-order chi connectivity index (χ1) is 16.0. The molecule has 1 fully saturated rings. The van der Waals surface area contributed by atoms with Gasteiger partial charge in [-0.3, -0.25) is 9.97 Å². The van der Waals surface area contributed by atoms with Gasteiger partial charge in [-0.25, -0.2) is 0 Å². The second-order valence-corrected chi connectivity index (χ2v) is 9.02. The SMILES string of the molecule is Cc1cc([C@H]2[C@@H](c3ccccn3)NC(=S)N2Cc2ccncc2)c(C)n1-c1ccccc1Cl. The van der Waals surface area contributed by atoms with Crippen LogP contribution in [0.3, 0.4) is 0 Å². The number of nitrogens with zero attached hydrogens (tertiary/aromatic N) is 4. The highest BCUT2D eigenvalue weighted by Gasteiger charge is 2.41. The summed E-state index contributed by atoms with van der Waals surface area (Å²) < 4.78 is 2.22. The summed E-state index contributed by atoms with van der Waals surface area (Å²) in [5.41, 5.74) is 6.55. The molecule has 5 nitrogen and oxygen atoms in total. The zero-order valence-electron chi connectivity index (χ0n) is 18.4. The number of halogens is 1. The monoisotopic (exact) mass is 473 g/mol. The molecule has 1 saturated heterocycles. The van der Waals surface area contributed by atoms with Crippen LogP contribution in [0.5, 0.6) is 0 Å². The third-order valence-corrected chi connectivity index (χ3v) is 6.85. The van der Waals surface area contributed by atoms with Crippen LogP contribution in [0.4, 0.5) is 0 Å². The van der Waals surface area contributed by atoms with Crippen LogP contribution in [-0.4, -0.2) is 24.5 Å². The lowest BCUT2D eigenvalue weighted by molar-refractivity contribution is 0.310. The maximum atomic E-state index is 6.58. The van der Waals surface area contributed by atoms with Gasteiger partial charge in [-0.2, -0.15) is 0 Å². The van der Waals surface area contributed by atoms with Crippen LogP contribution < -0.4 is 5.32 Å². The minimum atomic E-state index is -0.0688. The summed E-state index contributed by atoms with van der Waals surface area (Å²) in [4.78, 5) is 11.1. The van der Waals surface area contributed by atoms with Gasteiger partial charge in [0.05, 0.1) is 28.5 Å². The Kier molecular flexibility index (Phi) is 5.87. The van der Waals surface area contributed by atoms with Gasteiger partial charge in [0.1, 0.15) is 0 Å². The molecule has 33 heavy (non-hydrogen) atoms. The van der Waals surface area contributed by atoms with Crippen molar-refractivity contribution in [2.24, 2.45) is 0 Å². The quantitative estimate of drug-likeness (QED) is 0.376. The van der Waals surface area contributed by atoms with E-state index in [1.165, 1.54) is 5.56 Å². The fraction of sp³-hybridized carbons (Fsp3) is 0.192. The van der Waals surface area contributed by atoms with E-state index in [0.717, 1.165) is 38.5 Å². The van der Waals surface area contributed by atoms with Crippen molar-refractivity contribution in [3.05, 3.63) is 112 Å². The summed E-state index contributed by atoms with van der Waals surface area (Å²) in [6.07, 6.45) is 5.46. The normalized spacial score (nSPS) is 17.9. The van der Waals surface area contributed by atoms with Crippen LogP contribution in [0.15, 0.2) is 79.3 Å². The molecule has 3 aromatic heterocycles. The van der Waals surface area contributed by atoms with Crippen molar-refractivity contribution in [2.75, 3.05) is 0 Å². The van der Waals surface area contributed by atoms with Gasteiger partial charge in [0.2, 0.25) is 0 Å². The molecule has 5 rings (SSSR count). The number of aromatic nitrogens is 3. The first-order valence-corrected chi connectivity index (χ1v) is 11.6. The lowest BCUT2D eigenvalue weighted by Gasteiger charge is -2.28. The number of aryl methyl sites for hydroxylation is 1. The topological polar surface area (TPSA) is 46.0 Å². The fourth-order valence-corrected chi connectivity index (χ4v) is 5.22. The molecule has 0 unspecified atom stereocenters. The van der Waals surface area contributed by atoms with Gasteiger partial charge in [-0.1, -0.05) is 29.8 Å². The van der Waals surface area contributed by atoms with Crippen LogP contribution in [-0.2, 0) is 6.54 Å². The maximum absolute atomic E-state index is 6.58. The largest absolute Gasteiger partial charge is 0.352 e. The highest BCUT2D eigenvalue weighted by Crippen LogP contribution is 2.42. The molecule has 0 aliphatic carbocycles. The summed E-state index contributed by atoms with van der Waals surface area (Å²) in [5, 5.41) is 4.98. The molecule has 1 aliphatic rings. The van der Waals surface area contributed by atoms with Gasteiger partial charge in [-0.05, 0) is 79.7 Å². The summed E-state index contributed by atoms with van der Waals surface area (Å²) >= 11 is 12.4. The number of hydrogen-bond acceptors (Lipinski definition) is 3. The molecule has 166 valence electrons. The lowest BCUT2D eigenvalue weighted by atomic mass is 9.96. The van der Waals surface area contributed by atoms with Crippen molar-refractivity contribution in [2.45, 2.75) is 32.5 Å². The molecular formula is C26H24ClN5S. The third-order valence-electron chi connectivity index (χ3n) is 6.18. The van der Waals surface area contributed by atoms with E-state index in [0.29, 0.717) is 6.54 Å². The molecule has 0 radical (unpaired) electrons. The first-order valence-electron chi connectivity index (χ1n) is 10.9. The Hall–Kier alpha value is -3.22. The minimum absolute atomic E-state index is 0.0250. The molecule has 4 heterocycles. The minimum Gasteiger partial charge on any atom is -0.352 e. The van der Waals surface area contributed by atoms with Crippen molar-refractivity contribution in [1.29, 1.82) is 0 Å². The Balaban J connectivity index is 1.63. The molecule has 7 heteroatoms. The molecule has 0 saturated carbocycles. The first kappa shape index (κ1) is 21.6. The van der Waals surface area contributed by atoms with E-state index in [2.05, 4.69) is 56.8 Å². The zero-order chi connectivity index (χ0) is 22.9. The average Bonchev–Trinajstić information content (AvgIpc) is 3.30. The Labute approximate surface area is 204 Å². The van der Waals surface area contributed by atoms with Gasteiger partial charge in [0.25, 0.3) is 0 Å². The van der Waals surface area contributed by atoms with E-state index >= 15 is 0 Å². The predicted molar refractivity (Wildman–Crippen MR) is 135 cm³/mol. The molecule has 2 atom stereocenters. The number of hydrogen-bond donors (Lipinski definition) is 1. The third kappa shape index (κ3) is 4.01. The van der Waals surface area contributed by atoms with Crippen molar-refractivity contribution in [1.82, 2.24) is 24.8 Å². The fourth-order valence-electron chi connectivity index (χ4n) is 4.69. The highest BCUT2D eigenvalue weighted by atomic mass is 35.5. The van der Waals surface area contributed by atoms with Gasteiger partial charge >= 0.3 is 0 Å². The van der Waals surface area contributed by atoms with Crippen LogP contribution in [0, 0.1) is 13.8 Å². The lowest BCUT2D eigenvalue weighted by Crippen LogP contribution is -2.29. The molecular weight excluding hydrogens is 450 g/mol. The molecule has 0 spiro atoms. The molecule has 0 bridgehead atoms. The number of rotatable bonds is 5. The number of para-hydroxylation sites is 1. The van der Waals surface area contributed by atoms with E-state index in [4.69, 9.17) is 23.8 Å². The Morgan fingerprint density at radius 1 is 1.00 bits per heavy atom. The van der Waals surface area contributed by atoms with Crippen LogP contribution in [0.2, 0.25) is 5.02 Å². The zero-order valence-corrected chi connectivity index (χ0v) is 20.0. The highest BCUT2D eigenvalue weighted by molar-refractivity contribution is 7.80. The van der Waals surface area contributed by atoms with Crippen molar-refractivity contribution < 1.29 is 0 Å². The van der Waals surface area contributed by atoms with Crippen LogP contribution in [0.25, 0.3) is 5.69 Å². The summed E-state index contributed by atoms with van der Waals surface area (Å²) in [6, 6.07) is 20.2. The van der Waals surface area contributed by atoms with Crippen LogP contribution >= 0.6 is 23.8 Å². The Morgan fingerprint density at radius 2 is 1.76 bits per heavy atom. The average molecular weight is 474 g/mol. The standard InChI is InChI=1S/C26H24ClN5S/c1-17-15-20(18(2)32(17)23-9-4-3-7-21(23)27)25-24(22-8-5-6-12-29-22)30-26(33)31(25)16-19-10-13-28-14-11-19/h3-15,24-25H,16H2,1-2H3,(H,30,33)/t24-,25+/m1/s1. The molecule has 0 amide bonds. The number of pyridine rings is 2. The van der Waals surface area contributed by atoms with Crippen LogP contribution in [0.1, 0.15) is 40.3 Å². The molecule has 1 aliphatic heterocycles. The predicted octanol–water partition coefficient (Wildman–Crippen LogP) is 5.71. The van der Waals surface area contributed by atoms with Crippen molar-refractivity contribution in [3.8, 4) is 5.69 Å². The second kappa shape index (κ2) is 8.96. The van der Waals surface area contributed by atoms with Gasteiger partial charge in [0, 0.05) is 36.5 Å². The Bertz CT molecular complexity index is 1290. The van der Waals surface area contributed by atoms with E-state index in [-0.39, 0.29) is 12.1 Å². The molecule has 4 aromatic rings. The van der Waals surface area contributed by atoms with E-state index in [1.54, 1.807) is 0 Å². The van der Waals surface area contributed by atoms with Crippen molar-refractivity contribution >= 4 is 28.9 Å². The Morgan fingerprint density at radius 3 is 2.48 bits per heavy atom. The van der Waals surface area contributed by atoms with Gasteiger partial charge < -0.3 is 14.8 Å². The number of nitrogens with one attached hydrogen (secondary N) is 1. The van der Waals surface area contributed by atoms with E-state index in [9.17, 15) is 0 Å². The molecule has 1 N–H and O–H groups in total. The maximum Gasteiger partial charge on any atom is 0.170 e. The smallest absolute Gasteiger partial charge is 0.170 e. The second-order valence-electron chi connectivity index (χ2n) is 8.22. The summed E-state index contributed by atoms with van der Waals surface area (Å²) in [7, 11) is 0. The molecule has 1 aromatic carbocycles. The number of benzene rings is 1. The van der Waals surface area contributed by atoms with Gasteiger partial charge in [0.15, 0.2) is 5.11 Å².